The minimum Gasteiger partial charge on any atom is -0.380 e. The highest BCUT2D eigenvalue weighted by Gasteiger charge is 2.28. The molecule has 0 saturated heterocycles. The second-order valence-electron chi connectivity index (χ2n) is 4.84. The zero-order chi connectivity index (χ0) is 15.0. The third-order valence-corrected chi connectivity index (χ3v) is 3.10. The van der Waals surface area contributed by atoms with Crippen LogP contribution in [0, 0.1) is 5.92 Å². The molecule has 0 saturated carbocycles. The van der Waals surface area contributed by atoms with Gasteiger partial charge in [-0.3, -0.25) is 0 Å². The molecule has 1 aromatic rings. The quantitative estimate of drug-likeness (QED) is 0.578. The molecule has 2 nitrogen and oxygen atoms in total. The fourth-order valence-corrected chi connectivity index (χ4v) is 2.04. The van der Waals surface area contributed by atoms with Crippen LogP contribution in [0.3, 0.4) is 0 Å². The van der Waals surface area contributed by atoms with Gasteiger partial charge in [-0.05, 0) is 35.4 Å². The summed E-state index contributed by atoms with van der Waals surface area (Å²) < 4.78 is 41.9. The van der Waals surface area contributed by atoms with Gasteiger partial charge in [0.15, 0.2) is 0 Å². The lowest BCUT2D eigenvalue weighted by molar-refractivity contribution is -0.0328. The maximum absolute atomic E-state index is 12.2. The van der Waals surface area contributed by atoms with Crippen molar-refractivity contribution < 1.29 is 17.9 Å². The third kappa shape index (κ3) is 8.45. The van der Waals surface area contributed by atoms with Crippen molar-refractivity contribution in [3.63, 3.8) is 0 Å². The Labute approximate surface area is 122 Å². The number of halogens is 3. The van der Waals surface area contributed by atoms with Gasteiger partial charge in [0.1, 0.15) is 0 Å². The molecule has 0 heterocycles. The molecule has 0 aliphatic carbocycles. The number of benzene rings is 1. The van der Waals surface area contributed by atoms with Gasteiger partial charge in [-0.1, -0.05) is 26.0 Å². The van der Waals surface area contributed by atoms with E-state index in [0.29, 0.717) is 19.1 Å². The maximum atomic E-state index is 12.2. The Morgan fingerprint density at radius 3 is 2.40 bits per heavy atom. The number of nitrogens with one attached hydrogen (secondary N) is 1. The number of hydrogen-bond acceptors (Lipinski definition) is 3. The van der Waals surface area contributed by atoms with Crippen molar-refractivity contribution >= 4 is 11.8 Å². The number of hydrogen-bond donors (Lipinski definition) is 1. The van der Waals surface area contributed by atoms with E-state index in [9.17, 15) is 13.2 Å². The lowest BCUT2D eigenvalue weighted by Gasteiger charge is -2.09. The Hall–Kier alpha value is -0.720. The molecule has 0 fully saturated rings. The van der Waals surface area contributed by atoms with E-state index in [1.807, 2.05) is 0 Å². The second kappa shape index (κ2) is 8.54. The summed E-state index contributed by atoms with van der Waals surface area (Å²) in [6, 6.07) is 6.39. The van der Waals surface area contributed by atoms with Gasteiger partial charge in [-0.2, -0.15) is 13.2 Å². The van der Waals surface area contributed by atoms with E-state index in [1.54, 1.807) is 12.1 Å². The summed E-state index contributed by atoms with van der Waals surface area (Å²) in [5.41, 5.74) is -3.27. The van der Waals surface area contributed by atoms with Gasteiger partial charge in [0.25, 0.3) is 0 Å². The fourth-order valence-electron chi connectivity index (χ4n) is 1.51. The molecule has 0 unspecified atom stereocenters. The van der Waals surface area contributed by atoms with Crippen LogP contribution in [0.25, 0.3) is 0 Å². The highest BCUT2D eigenvalue weighted by atomic mass is 32.2. The highest BCUT2D eigenvalue weighted by Crippen LogP contribution is 2.36. The van der Waals surface area contributed by atoms with Gasteiger partial charge in [0.05, 0.1) is 6.61 Å². The first-order valence-electron chi connectivity index (χ1n) is 6.50. The van der Waals surface area contributed by atoms with Crippen LogP contribution in [0.5, 0.6) is 0 Å². The molecule has 6 heteroatoms. The van der Waals surface area contributed by atoms with Gasteiger partial charge < -0.3 is 10.1 Å². The first kappa shape index (κ1) is 17.3. The molecule has 20 heavy (non-hydrogen) atoms. The van der Waals surface area contributed by atoms with Crippen molar-refractivity contribution in [2.24, 2.45) is 5.92 Å². The summed E-state index contributed by atoms with van der Waals surface area (Å²) in [4.78, 5) is 0.210. The maximum Gasteiger partial charge on any atom is 0.446 e. The Kier molecular flexibility index (Phi) is 7.40. The molecule has 0 aromatic heterocycles. The van der Waals surface area contributed by atoms with Crippen molar-refractivity contribution in [2.75, 3.05) is 19.8 Å². The molecule has 0 atom stereocenters. The Morgan fingerprint density at radius 2 is 1.85 bits per heavy atom. The lowest BCUT2D eigenvalue weighted by Crippen LogP contribution is -2.20. The molecular weight excluding hydrogens is 287 g/mol. The summed E-state index contributed by atoms with van der Waals surface area (Å²) in [5.74, 6) is 0.522. The monoisotopic (exact) mass is 307 g/mol. The van der Waals surface area contributed by atoms with Gasteiger partial charge in [0, 0.05) is 24.6 Å². The average Bonchev–Trinajstić information content (AvgIpc) is 2.33. The van der Waals surface area contributed by atoms with Crippen LogP contribution in [-0.4, -0.2) is 25.3 Å². The molecule has 0 aliphatic heterocycles. The summed E-state index contributed by atoms with van der Waals surface area (Å²) in [6.07, 6.45) is 0. The summed E-state index contributed by atoms with van der Waals surface area (Å²) in [6.45, 7) is 6.92. The van der Waals surface area contributed by atoms with E-state index in [1.165, 1.54) is 12.1 Å². The first-order valence-corrected chi connectivity index (χ1v) is 7.31. The minimum absolute atomic E-state index is 0.0934. The van der Waals surface area contributed by atoms with Crippen LogP contribution in [-0.2, 0) is 11.3 Å². The van der Waals surface area contributed by atoms with E-state index in [-0.39, 0.29) is 16.7 Å². The van der Waals surface area contributed by atoms with Crippen LogP contribution in [0.15, 0.2) is 29.2 Å². The molecule has 0 spiro atoms. The molecule has 1 rings (SSSR count). The van der Waals surface area contributed by atoms with Crippen molar-refractivity contribution in [1.82, 2.24) is 5.32 Å². The Morgan fingerprint density at radius 1 is 1.20 bits per heavy atom. The molecule has 0 bridgehead atoms. The summed E-state index contributed by atoms with van der Waals surface area (Å²) in [5, 5.41) is 3.19. The van der Waals surface area contributed by atoms with Crippen molar-refractivity contribution in [2.45, 2.75) is 30.8 Å². The van der Waals surface area contributed by atoms with E-state index in [2.05, 4.69) is 19.2 Å². The van der Waals surface area contributed by atoms with Crippen molar-refractivity contribution in [1.29, 1.82) is 0 Å². The molecule has 0 amide bonds. The smallest absolute Gasteiger partial charge is 0.380 e. The standard InChI is InChI=1S/C14H20F3NOS/c1-11(2)10-19-8-7-18-9-12-3-5-13(6-4-12)20-14(15,16)17/h3-6,11,18H,7-10H2,1-2H3. The van der Waals surface area contributed by atoms with Gasteiger partial charge in [0.2, 0.25) is 0 Å². The molecule has 0 radical (unpaired) electrons. The predicted molar refractivity (Wildman–Crippen MR) is 75.7 cm³/mol. The Balaban J connectivity index is 2.21. The van der Waals surface area contributed by atoms with Crippen LogP contribution < -0.4 is 5.32 Å². The van der Waals surface area contributed by atoms with E-state index in [0.717, 1.165) is 18.7 Å². The largest absolute Gasteiger partial charge is 0.446 e. The van der Waals surface area contributed by atoms with Gasteiger partial charge >= 0.3 is 5.51 Å². The zero-order valence-electron chi connectivity index (χ0n) is 11.7. The third-order valence-electron chi connectivity index (χ3n) is 2.36. The highest BCUT2D eigenvalue weighted by molar-refractivity contribution is 8.00. The van der Waals surface area contributed by atoms with Gasteiger partial charge in [-0.15, -0.1) is 0 Å². The van der Waals surface area contributed by atoms with Crippen LogP contribution in [0.4, 0.5) is 13.2 Å². The number of rotatable bonds is 8. The van der Waals surface area contributed by atoms with Gasteiger partial charge in [-0.25, -0.2) is 0 Å². The topological polar surface area (TPSA) is 21.3 Å². The average molecular weight is 307 g/mol. The van der Waals surface area contributed by atoms with E-state index >= 15 is 0 Å². The molecular formula is C14H20F3NOS. The number of thioether (sulfide) groups is 1. The Bertz CT molecular complexity index is 379. The molecule has 1 aromatic carbocycles. The minimum atomic E-state index is -4.23. The molecule has 1 N–H and O–H groups in total. The van der Waals surface area contributed by atoms with E-state index in [4.69, 9.17) is 4.74 Å². The van der Waals surface area contributed by atoms with Crippen LogP contribution >= 0.6 is 11.8 Å². The van der Waals surface area contributed by atoms with Crippen molar-refractivity contribution in [3.8, 4) is 0 Å². The lowest BCUT2D eigenvalue weighted by atomic mass is 10.2. The molecule has 114 valence electrons. The van der Waals surface area contributed by atoms with Crippen molar-refractivity contribution in [3.05, 3.63) is 29.8 Å². The van der Waals surface area contributed by atoms with Crippen LogP contribution in [0.1, 0.15) is 19.4 Å². The normalized spacial score (nSPS) is 12.1. The summed E-state index contributed by atoms with van der Waals surface area (Å²) in [7, 11) is 0. The molecule has 0 aliphatic rings. The SMILES string of the molecule is CC(C)COCCNCc1ccc(SC(F)(F)F)cc1. The number of ether oxygens (including phenoxy) is 1. The predicted octanol–water partition coefficient (Wildman–Crippen LogP) is 4.06. The fraction of sp³-hybridized carbons (Fsp3) is 0.571. The second-order valence-corrected chi connectivity index (χ2v) is 5.98. The van der Waals surface area contributed by atoms with E-state index < -0.39 is 5.51 Å². The first-order chi connectivity index (χ1) is 9.37. The zero-order valence-corrected chi connectivity index (χ0v) is 12.5. The van der Waals surface area contributed by atoms with Crippen LogP contribution in [0.2, 0.25) is 0 Å². The summed E-state index contributed by atoms with van der Waals surface area (Å²) >= 11 is -0.0934. The number of alkyl halides is 3.